The normalized spacial score (nSPS) is 54.0. The first kappa shape index (κ1) is 15.0. The van der Waals surface area contributed by atoms with E-state index in [9.17, 15) is 5.11 Å². The van der Waals surface area contributed by atoms with E-state index in [1.807, 2.05) is 0 Å². The van der Waals surface area contributed by atoms with Crippen LogP contribution >= 0.6 is 0 Å². The molecule has 1 heteroatoms. The lowest BCUT2D eigenvalue weighted by molar-refractivity contribution is -0.111. The molecule has 22 heavy (non-hydrogen) atoms. The Bertz CT molecular complexity index is 554. The van der Waals surface area contributed by atoms with Crippen molar-refractivity contribution in [3.05, 3.63) is 23.3 Å². The number of hydrogen-bond acceptors (Lipinski definition) is 1. The van der Waals surface area contributed by atoms with Gasteiger partial charge in [-0.15, -0.1) is 0 Å². The molecule has 0 saturated heterocycles. The maximum absolute atomic E-state index is 10.9. The van der Waals surface area contributed by atoms with E-state index in [4.69, 9.17) is 0 Å². The Hall–Kier alpha value is -0.560. The van der Waals surface area contributed by atoms with E-state index < -0.39 is 5.60 Å². The lowest BCUT2D eigenvalue weighted by Crippen LogP contribution is -2.53. The van der Waals surface area contributed by atoms with E-state index in [0.717, 1.165) is 24.2 Å². The Balaban J connectivity index is 1.72. The first-order valence-corrected chi connectivity index (χ1v) is 9.38. The van der Waals surface area contributed by atoms with E-state index in [-0.39, 0.29) is 5.41 Å². The summed E-state index contributed by atoms with van der Waals surface area (Å²) in [4.78, 5) is 0. The summed E-state index contributed by atoms with van der Waals surface area (Å²) in [6, 6.07) is 0. The van der Waals surface area contributed by atoms with E-state index in [0.29, 0.717) is 5.41 Å². The van der Waals surface area contributed by atoms with Gasteiger partial charge >= 0.3 is 0 Å². The molecule has 122 valence electrons. The summed E-state index contributed by atoms with van der Waals surface area (Å²) < 4.78 is 0. The van der Waals surface area contributed by atoms with Crippen molar-refractivity contribution in [2.45, 2.75) is 78.2 Å². The van der Waals surface area contributed by atoms with Gasteiger partial charge < -0.3 is 5.11 Å². The molecule has 0 amide bonds. The quantitative estimate of drug-likeness (QED) is 0.647. The van der Waals surface area contributed by atoms with Crippen LogP contribution < -0.4 is 0 Å². The second-order valence-corrected chi connectivity index (χ2v) is 9.45. The van der Waals surface area contributed by atoms with Crippen LogP contribution in [0.2, 0.25) is 0 Å². The topological polar surface area (TPSA) is 20.2 Å². The van der Waals surface area contributed by atoms with Gasteiger partial charge in [-0.1, -0.05) is 31.6 Å². The van der Waals surface area contributed by atoms with Crippen LogP contribution in [0, 0.1) is 28.6 Å². The minimum Gasteiger partial charge on any atom is -0.390 e. The fourth-order valence-corrected chi connectivity index (χ4v) is 6.71. The van der Waals surface area contributed by atoms with Crippen molar-refractivity contribution >= 4 is 0 Å². The molecule has 6 atom stereocenters. The molecular weight excluding hydrogens is 268 g/mol. The molecule has 0 spiro atoms. The highest BCUT2D eigenvalue weighted by Crippen LogP contribution is 2.66. The second-order valence-electron chi connectivity index (χ2n) is 9.45. The van der Waals surface area contributed by atoms with Crippen LogP contribution in [0.25, 0.3) is 0 Å². The molecule has 4 aliphatic rings. The maximum atomic E-state index is 10.9. The number of rotatable bonds is 0. The molecule has 4 aliphatic carbocycles. The molecule has 0 radical (unpaired) electrons. The zero-order valence-electron chi connectivity index (χ0n) is 14.8. The molecule has 0 aromatic carbocycles. The van der Waals surface area contributed by atoms with Crippen LogP contribution in [-0.2, 0) is 0 Å². The Morgan fingerprint density at radius 2 is 1.77 bits per heavy atom. The van der Waals surface area contributed by atoms with E-state index >= 15 is 0 Å². The van der Waals surface area contributed by atoms with Crippen LogP contribution in [0.4, 0.5) is 0 Å². The first-order chi connectivity index (χ1) is 10.3. The van der Waals surface area contributed by atoms with E-state index in [1.54, 1.807) is 11.1 Å². The molecule has 4 rings (SSSR count). The monoisotopic (exact) mass is 300 g/mol. The summed E-state index contributed by atoms with van der Waals surface area (Å²) in [5, 5.41) is 10.9. The van der Waals surface area contributed by atoms with Crippen molar-refractivity contribution in [3.8, 4) is 0 Å². The maximum Gasteiger partial charge on any atom is 0.0675 e. The van der Waals surface area contributed by atoms with Gasteiger partial charge in [0, 0.05) is 0 Å². The van der Waals surface area contributed by atoms with Crippen molar-refractivity contribution < 1.29 is 5.11 Å². The number of allylic oxidation sites excluding steroid dienone is 4. The van der Waals surface area contributed by atoms with Crippen LogP contribution in [0.5, 0.6) is 0 Å². The van der Waals surface area contributed by atoms with Gasteiger partial charge in [-0.2, -0.15) is 0 Å². The molecule has 0 unspecified atom stereocenters. The van der Waals surface area contributed by atoms with Crippen LogP contribution in [-0.4, -0.2) is 10.7 Å². The van der Waals surface area contributed by atoms with Gasteiger partial charge in [0.05, 0.1) is 5.60 Å². The van der Waals surface area contributed by atoms with Gasteiger partial charge in [0.15, 0.2) is 0 Å². The smallest absolute Gasteiger partial charge is 0.0675 e. The van der Waals surface area contributed by atoms with E-state index in [1.165, 1.54) is 38.5 Å². The largest absolute Gasteiger partial charge is 0.390 e. The summed E-state index contributed by atoms with van der Waals surface area (Å²) in [5.74, 6) is 2.36. The van der Waals surface area contributed by atoms with Crippen LogP contribution in [0.3, 0.4) is 0 Å². The SMILES string of the molecule is CC1=CC2=CC[C@@H]3[C@H](CC[C@@]4(C)[C@H]3CC[C@]4(C)O)[C@@]2(C)CC1. The molecule has 1 N–H and O–H groups in total. The van der Waals surface area contributed by atoms with Crippen molar-refractivity contribution in [2.75, 3.05) is 0 Å². The third kappa shape index (κ3) is 1.75. The molecule has 0 aromatic rings. The third-order valence-corrected chi connectivity index (χ3v) is 8.53. The molecule has 0 bridgehead atoms. The highest BCUT2D eigenvalue weighted by Gasteiger charge is 2.61. The first-order valence-electron chi connectivity index (χ1n) is 9.38. The lowest BCUT2D eigenvalue weighted by atomic mass is 9.47. The zero-order valence-corrected chi connectivity index (χ0v) is 14.8. The molecular formula is C21H32O. The Morgan fingerprint density at radius 1 is 1.05 bits per heavy atom. The zero-order chi connectivity index (χ0) is 15.8. The summed E-state index contributed by atoms with van der Waals surface area (Å²) in [6.45, 7) is 9.31. The van der Waals surface area contributed by atoms with E-state index in [2.05, 4.69) is 39.8 Å². The summed E-state index contributed by atoms with van der Waals surface area (Å²) in [7, 11) is 0. The highest BCUT2D eigenvalue weighted by atomic mass is 16.3. The predicted molar refractivity (Wildman–Crippen MR) is 91.5 cm³/mol. The molecule has 0 heterocycles. The highest BCUT2D eigenvalue weighted by molar-refractivity contribution is 5.36. The minimum absolute atomic E-state index is 0.149. The van der Waals surface area contributed by atoms with Gasteiger partial charge in [-0.3, -0.25) is 0 Å². The third-order valence-electron chi connectivity index (χ3n) is 8.53. The molecule has 2 fully saturated rings. The number of hydrogen-bond donors (Lipinski definition) is 1. The number of aliphatic hydroxyl groups is 1. The molecule has 1 nitrogen and oxygen atoms in total. The van der Waals surface area contributed by atoms with Crippen LogP contribution in [0.15, 0.2) is 23.3 Å². The molecule has 2 saturated carbocycles. The average molecular weight is 300 g/mol. The Labute approximate surface area is 135 Å². The van der Waals surface area contributed by atoms with Crippen molar-refractivity contribution in [3.63, 3.8) is 0 Å². The lowest BCUT2D eigenvalue weighted by Gasteiger charge is -2.58. The Morgan fingerprint density at radius 3 is 2.55 bits per heavy atom. The van der Waals surface area contributed by atoms with Gasteiger partial charge in [-0.25, -0.2) is 0 Å². The fourth-order valence-electron chi connectivity index (χ4n) is 6.71. The molecule has 0 aliphatic heterocycles. The predicted octanol–water partition coefficient (Wildman–Crippen LogP) is 5.26. The standard InChI is InChI=1S/C21H32O/c1-14-7-10-19(2)15(13-14)5-6-16-17(19)8-11-20(3)18(16)9-12-21(20,4)22/h5,13,16-18,22H,6-12H2,1-4H3/t16-,17+,18+,19+,20+,21+/m1/s1. The van der Waals surface area contributed by atoms with Crippen molar-refractivity contribution in [1.29, 1.82) is 0 Å². The van der Waals surface area contributed by atoms with Crippen molar-refractivity contribution in [1.82, 2.24) is 0 Å². The summed E-state index contributed by atoms with van der Waals surface area (Å²) in [6.07, 6.45) is 13.7. The van der Waals surface area contributed by atoms with Gasteiger partial charge in [-0.05, 0) is 93.0 Å². The Kier molecular flexibility index (Phi) is 3.07. The second kappa shape index (κ2) is 4.50. The minimum atomic E-state index is -0.448. The average Bonchev–Trinajstić information content (AvgIpc) is 2.70. The van der Waals surface area contributed by atoms with Gasteiger partial charge in [0.2, 0.25) is 0 Å². The van der Waals surface area contributed by atoms with Gasteiger partial charge in [0.1, 0.15) is 0 Å². The summed E-state index contributed by atoms with van der Waals surface area (Å²) in [5.41, 5.74) is 3.29. The number of fused-ring (bicyclic) bond motifs is 5. The molecule has 0 aromatic heterocycles. The van der Waals surface area contributed by atoms with Crippen LogP contribution in [0.1, 0.15) is 72.6 Å². The summed E-state index contributed by atoms with van der Waals surface area (Å²) >= 11 is 0. The van der Waals surface area contributed by atoms with Gasteiger partial charge in [0.25, 0.3) is 0 Å². The van der Waals surface area contributed by atoms with Crippen molar-refractivity contribution in [2.24, 2.45) is 28.6 Å². The fraction of sp³-hybridized carbons (Fsp3) is 0.810.